The highest BCUT2D eigenvalue weighted by atomic mass is 16.5. The van der Waals surface area contributed by atoms with Crippen molar-refractivity contribution in [3.05, 3.63) is 71.3 Å². The topological polar surface area (TPSA) is 26.3 Å². The molecule has 30 heavy (non-hydrogen) atoms. The van der Waals surface area contributed by atoms with Gasteiger partial charge in [-0.25, -0.2) is 0 Å². The molecule has 0 N–H and O–H groups in total. The van der Waals surface area contributed by atoms with E-state index in [1.165, 1.54) is 49.7 Å². The van der Waals surface area contributed by atoms with Crippen molar-refractivity contribution in [3.8, 4) is 5.75 Å². The van der Waals surface area contributed by atoms with Crippen LogP contribution in [0.2, 0.25) is 0 Å². The molecule has 0 amide bonds. The number of hydrogen-bond donors (Lipinski definition) is 0. The molecule has 0 unspecified atom stereocenters. The lowest BCUT2D eigenvalue weighted by Gasteiger charge is -2.57. The van der Waals surface area contributed by atoms with Crippen molar-refractivity contribution in [3.63, 3.8) is 0 Å². The van der Waals surface area contributed by atoms with Crippen molar-refractivity contribution in [2.24, 2.45) is 17.8 Å². The molecule has 2 aromatic rings. The number of aryl methyl sites for hydroxylation is 1. The highest BCUT2D eigenvalue weighted by molar-refractivity contribution is 6.06. The molecule has 0 spiro atoms. The summed E-state index contributed by atoms with van der Waals surface area (Å²) in [6.07, 6.45) is 13.3. The normalized spacial score (nSPS) is 29.8. The van der Waals surface area contributed by atoms with Gasteiger partial charge in [-0.2, -0.15) is 0 Å². The lowest BCUT2D eigenvalue weighted by atomic mass is 9.48. The molecule has 4 bridgehead atoms. The zero-order valence-electron chi connectivity index (χ0n) is 18.0. The van der Waals surface area contributed by atoms with Crippen molar-refractivity contribution in [1.82, 2.24) is 0 Å². The second-order valence-electron chi connectivity index (χ2n) is 9.91. The first-order chi connectivity index (χ1) is 14.7. The Bertz CT molecular complexity index is 905. The molecule has 0 heterocycles. The van der Waals surface area contributed by atoms with Crippen LogP contribution in [0.25, 0.3) is 5.57 Å². The molecule has 0 aromatic heterocycles. The van der Waals surface area contributed by atoms with Crippen LogP contribution in [-0.2, 0) is 16.6 Å². The van der Waals surface area contributed by atoms with Gasteiger partial charge in [0.2, 0.25) is 0 Å². The summed E-state index contributed by atoms with van der Waals surface area (Å²) in [4.78, 5) is 11.6. The van der Waals surface area contributed by atoms with Gasteiger partial charge in [-0.05, 0) is 91.7 Å². The van der Waals surface area contributed by atoms with Crippen molar-refractivity contribution in [1.29, 1.82) is 0 Å². The van der Waals surface area contributed by atoms with Gasteiger partial charge in [0.25, 0.3) is 0 Å². The predicted octanol–water partition coefficient (Wildman–Crippen LogP) is 6.38. The Morgan fingerprint density at radius 1 is 1.00 bits per heavy atom. The van der Waals surface area contributed by atoms with E-state index < -0.39 is 0 Å². The Morgan fingerprint density at radius 3 is 2.27 bits per heavy atom. The quantitative estimate of drug-likeness (QED) is 0.398. The van der Waals surface area contributed by atoms with E-state index in [1.807, 2.05) is 37.4 Å². The van der Waals surface area contributed by atoms with Gasteiger partial charge in [0.05, 0.1) is 7.11 Å². The van der Waals surface area contributed by atoms with Crippen LogP contribution in [0, 0.1) is 17.8 Å². The predicted molar refractivity (Wildman–Crippen MR) is 122 cm³/mol. The molecule has 4 saturated carbocycles. The summed E-state index contributed by atoms with van der Waals surface area (Å²) in [7, 11) is 1.82. The number of rotatable bonds is 7. The van der Waals surface area contributed by atoms with E-state index in [0.717, 1.165) is 53.8 Å². The first-order valence-electron chi connectivity index (χ1n) is 11.6. The fourth-order valence-corrected chi connectivity index (χ4v) is 7.02. The molecule has 156 valence electrons. The van der Waals surface area contributed by atoms with Crippen LogP contribution in [-0.4, -0.2) is 13.4 Å². The summed E-state index contributed by atoms with van der Waals surface area (Å²) in [6.45, 7) is 0. The van der Waals surface area contributed by atoms with Gasteiger partial charge in [-0.3, -0.25) is 4.79 Å². The second kappa shape index (κ2) is 8.06. The van der Waals surface area contributed by atoms with Gasteiger partial charge >= 0.3 is 0 Å². The van der Waals surface area contributed by atoms with Crippen molar-refractivity contribution < 1.29 is 9.53 Å². The average molecular weight is 401 g/mol. The summed E-state index contributed by atoms with van der Waals surface area (Å²) in [5, 5.41) is 0. The van der Waals surface area contributed by atoms with Crippen LogP contribution >= 0.6 is 0 Å². The number of allylic oxidation sites excluding steroid dienone is 2. The number of methoxy groups -OCH3 is 1. The van der Waals surface area contributed by atoms with Crippen molar-refractivity contribution in [2.45, 2.75) is 56.8 Å². The van der Waals surface area contributed by atoms with E-state index in [4.69, 9.17) is 4.74 Å². The Labute approximate surface area is 180 Å². The third-order valence-electron chi connectivity index (χ3n) is 7.90. The maximum absolute atomic E-state index is 11.6. The molecule has 0 radical (unpaired) electrons. The van der Waals surface area contributed by atoms with Gasteiger partial charge in [-0.15, -0.1) is 0 Å². The molecule has 2 heteroatoms. The molecule has 6 rings (SSSR count). The van der Waals surface area contributed by atoms with E-state index in [0.29, 0.717) is 5.41 Å². The number of carbonyl (C=O) groups is 1. The van der Waals surface area contributed by atoms with Crippen LogP contribution in [0.1, 0.15) is 61.6 Å². The largest absolute Gasteiger partial charge is 0.496 e. The molecule has 0 atom stereocenters. The van der Waals surface area contributed by atoms with E-state index in [9.17, 15) is 4.79 Å². The lowest BCUT2D eigenvalue weighted by molar-refractivity contribution is -0.103. The van der Waals surface area contributed by atoms with Crippen LogP contribution in [0.4, 0.5) is 0 Å². The molecule has 4 fully saturated rings. The van der Waals surface area contributed by atoms with Crippen LogP contribution < -0.4 is 4.74 Å². The molecular weight excluding hydrogens is 368 g/mol. The van der Waals surface area contributed by atoms with Crippen molar-refractivity contribution >= 4 is 11.9 Å². The molecular formula is C28H32O2. The standard InChI is InChI=1S/C28H32O2/c1-30-27-11-10-20(6-5-9-25(19-29)24-7-3-2-4-8-24)15-26(27)28-16-21-12-22(17-28)14-23(13-21)18-28/h2-4,7-11,15,19,21-23H,5-6,12-14,16-18H2,1H3. The van der Waals surface area contributed by atoms with Crippen LogP contribution in [0.15, 0.2) is 54.6 Å². The monoisotopic (exact) mass is 400 g/mol. The smallest absolute Gasteiger partial charge is 0.150 e. The first kappa shape index (κ1) is 19.6. The molecule has 0 saturated heterocycles. The summed E-state index contributed by atoms with van der Waals surface area (Å²) in [5.74, 6) is 3.85. The average Bonchev–Trinajstić information content (AvgIpc) is 2.76. The fourth-order valence-electron chi connectivity index (χ4n) is 7.02. The van der Waals surface area contributed by atoms with E-state index in [2.05, 4.69) is 24.3 Å². The fraction of sp³-hybridized carbons (Fsp3) is 0.464. The van der Waals surface area contributed by atoms with Gasteiger partial charge in [0.15, 0.2) is 0 Å². The minimum Gasteiger partial charge on any atom is -0.496 e. The Morgan fingerprint density at radius 2 is 1.67 bits per heavy atom. The number of aldehydes is 1. The van der Waals surface area contributed by atoms with E-state index in [1.54, 1.807) is 0 Å². The number of carbonyl (C=O) groups excluding carboxylic acids is 1. The Hall–Kier alpha value is -2.35. The third kappa shape index (κ3) is 3.62. The van der Waals surface area contributed by atoms with Gasteiger partial charge in [0.1, 0.15) is 12.0 Å². The molecule has 4 aliphatic carbocycles. The number of benzene rings is 2. The van der Waals surface area contributed by atoms with Crippen molar-refractivity contribution in [2.75, 3.05) is 7.11 Å². The summed E-state index contributed by atoms with van der Waals surface area (Å²) in [6, 6.07) is 16.8. The number of ether oxygens (including phenoxy) is 1. The minimum atomic E-state index is 0.337. The van der Waals surface area contributed by atoms with Gasteiger partial charge in [-0.1, -0.05) is 48.5 Å². The SMILES string of the molecule is COc1ccc(CCC=C(C=O)c2ccccc2)cc1C12CC3CC(CC(C3)C1)C2. The van der Waals surface area contributed by atoms with Crippen LogP contribution in [0.3, 0.4) is 0 Å². The maximum Gasteiger partial charge on any atom is 0.150 e. The zero-order chi connectivity index (χ0) is 20.6. The lowest BCUT2D eigenvalue weighted by Crippen LogP contribution is -2.48. The van der Waals surface area contributed by atoms with Crippen LogP contribution in [0.5, 0.6) is 5.75 Å². The minimum absolute atomic E-state index is 0.337. The Balaban J connectivity index is 1.38. The van der Waals surface area contributed by atoms with Gasteiger partial charge < -0.3 is 4.74 Å². The molecule has 0 aliphatic heterocycles. The molecule has 4 aliphatic rings. The Kier molecular flexibility index (Phi) is 5.26. The van der Waals surface area contributed by atoms with Gasteiger partial charge in [0, 0.05) is 11.1 Å². The number of hydrogen-bond acceptors (Lipinski definition) is 2. The maximum atomic E-state index is 11.6. The highest BCUT2D eigenvalue weighted by Gasteiger charge is 2.52. The third-order valence-corrected chi connectivity index (χ3v) is 7.90. The molecule has 2 nitrogen and oxygen atoms in total. The summed E-state index contributed by atoms with van der Waals surface area (Å²) in [5.41, 5.74) is 4.94. The second-order valence-corrected chi connectivity index (χ2v) is 9.91. The molecule has 2 aromatic carbocycles. The van der Waals surface area contributed by atoms with E-state index >= 15 is 0 Å². The zero-order valence-corrected chi connectivity index (χ0v) is 18.0. The highest BCUT2D eigenvalue weighted by Crippen LogP contribution is 2.61. The first-order valence-corrected chi connectivity index (χ1v) is 11.6. The van der Waals surface area contributed by atoms with E-state index in [-0.39, 0.29) is 0 Å². The summed E-state index contributed by atoms with van der Waals surface area (Å²) < 4.78 is 5.85. The summed E-state index contributed by atoms with van der Waals surface area (Å²) >= 11 is 0.